The molecule has 5 nitrogen and oxygen atoms in total. The Balaban J connectivity index is 2.05. The highest BCUT2D eigenvalue weighted by molar-refractivity contribution is 5.73. The molecule has 0 spiro atoms. The van der Waals surface area contributed by atoms with Crippen molar-refractivity contribution in [2.75, 3.05) is 19.8 Å². The van der Waals surface area contributed by atoms with E-state index in [1.165, 1.54) is 12.8 Å². The zero-order chi connectivity index (χ0) is 10.4. The molecule has 0 saturated carbocycles. The Morgan fingerprint density at radius 1 is 1.64 bits per heavy atom. The molecule has 0 aromatic rings. The number of hydrogen-bond donors (Lipinski definition) is 3. The van der Waals surface area contributed by atoms with Gasteiger partial charge in [0.1, 0.15) is 6.04 Å². The molecule has 0 aromatic carbocycles. The summed E-state index contributed by atoms with van der Waals surface area (Å²) in [5.41, 5.74) is 5.29. The van der Waals surface area contributed by atoms with E-state index >= 15 is 0 Å². The number of piperidine rings is 1. The molecule has 5 heteroatoms. The molecule has 1 saturated heterocycles. The van der Waals surface area contributed by atoms with E-state index in [1.54, 1.807) is 0 Å². The second-order valence-electron chi connectivity index (χ2n) is 3.63. The highest BCUT2D eigenvalue weighted by atomic mass is 16.5. The predicted molar refractivity (Wildman–Crippen MR) is 52.1 cm³/mol. The van der Waals surface area contributed by atoms with Gasteiger partial charge in [0.05, 0.1) is 13.2 Å². The summed E-state index contributed by atoms with van der Waals surface area (Å²) in [6.45, 7) is 1.67. The molecule has 1 heterocycles. The number of nitrogens with one attached hydrogen (secondary N) is 1. The number of ether oxygens (including phenoxy) is 1. The van der Waals surface area contributed by atoms with Crippen LogP contribution in [-0.2, 0) is 9.53 Å². The number of aliphatic carboxylic acids is 1. The number of carboxylic acid groups (broad SMARTS) is 1. The number of carbonyl (C=O) groups is 1. The Morgan fingerprint density at radius 2 is 2.43 bits per heavy atom. The zero-order valence-electron chi connectivity index (χ0n) is 8.24. The molecule has 0 amide bonds. The van der Waals surface area contributed by atoms with Gasteiger partial charge in [-0.3, -0.25) is 4.79 Å². The van der Waals surface area contributed by atoms with E-state index in [9.17, 15) is 4.79 Å². The van der Waals surface area contributed by atoms with Crippen molar-refractivity contribution in [3.05, 3.63) is 0 Å². The average molecular weight is 202 g/mol. The summed E-state index contributed by atoms with van der Waals surface area (Å²) >= 11 is 0. The third kappa shape index (κ3) is 4.04. The summed E-state index contributed by atoms with van der Waals surface area (Å²) in [6, 6.07) is -0.539. The molecule has 1 rings (SSSR count). The van der Waals surface area contributed by atoms with Crippen LogP contribution in [0.4, 0.5) is 0 Å². The number of rotatable bonds is 5. The van der Waals surface area contributed by atoms with Crippen LogP contribution in [0.5, 0.6) is 0 Å². The van der Waals surface area contributed by atoms with E-state index in [4.69, 9.17) is 15.6 Å². The van der Waals surface area contributed by atoms with Crippen molar-refractivity contribution in [1.82, 2.24) is 5.32 Å². The van der Waals surface area contributed by atoms with E-state index in [0.29, 0.717) is 12.6 Å². The first-order valence-electron chi connectivity index (χ1n) is 4.99. The molecule has 0 radical (unpaired) electrons. The Morgan fingerprint density at radius 3 is 3.00 bits per heavy atom. The minimum absolute atomic E-state index is 0.0908. The van der Waals surface area contributed by atoms with Crippen molar-refractivity contribution in [2.24, 2.45) is 5.73 Å². The van der Waals surface area contributed by atoms with Crippen molar-refractivity contribution < 1.29 is 14.6 Å². The molecule has 1 aliphatic heterocycles. The van der Waals surface area contributed by atoms with E-state index < -0.39 is 12.0 Å². The quantitative estimate of drug-likeness (QED) is 0.562. The van der Waals surface area contributed by atoms with E-state index in [1.807, 2.05) is 0 Å². The lowest BCUT2D eigenvalue weighted by atomic mass is 10.1. The van der Waals surface area contributed by atoms with Crippen LogP contribution >= 0.6 is 0 Å². The highest BCUT2D eigenvalue weighted by Gasteiger charge is 2.15. The van der Waals surface area contributed by atoms with Crippen LogP contribution in [0.15, 0.2) is 0 Å². The molecule has 2 atom stereocenters. The first-order chi connectivity index (χ1) is 6.70. The fraction of sp³-hybridized carbons (Fsp3) is 0.889. The Labute approximate surface area is 83.6 Å². The molecule has 14 heavy (non-hydrogen) atoms. The van der Waals surface area contributed by atoms with E-state index in [0.717, 1.165) is 13.0 Å². The summed E-state index contributed by atoms with van der Waals surface area (Å²) in [4.78, 5) is 10.4. The molecule has 2 unspecified atom stereocenters. The molecule has 1 aliphatic rings. The van der Waals surface area contributed by atoms with Crippen molar-refractivity contribution in [1.29, 1.82) is 0 Å². The fourth-order valence-electron chi connectivity index (χ4n) is 1.47. The third-order valence-electron chi connectivity index (χ3n) is 2.35. The monoisotopic (exact) mass is 202 g/mol. The molecule has 0 aliphatic carbocycles. The molecular formula is C9H18N2O3. The maximum atomic E-state index is 10.4. The number of nitrogens with two attached hydrogens (primary N) is 1. The Bertz CT molecular complexity index is 181. The van der Waals surface area contributed by atoms with Crippen LogP contribution in [0.3, 0.4) is 0 Å². The standard InChI is InChI=1S/C9H18N2O3/c10-8(9(12)13)6-14-5-7-3-1-2-4-11-7/h7-8,11H,1-6,10H2,(H,12,13). The smallest absolute Gasteiger partial charge is 0.322 e. The van der Waals surface area contributed by atoms with Crippen molar-refractivity contribution in [3.63, 3.8) is 0 Å². The van der Waals surface area contributed by atoms with Crippen LogP contribution in [0.2, 0.25) is 0 Å². The van der Waals surface area contributed by atoms with Gasteiger partial charge in [-0.15, -0.1) is 0 Å². The lowest BCUT2D eigenvalue weighted by Crippen LogP contribution is -2.40. The van der Waals surface area contributed by atoms with Gasteiger partial charge in [-0.05, 0) is 19.4 Å². The minimum atomic E-state index is -1.01. The van der Waals surface area contributed by atoms with Crippen molar-refractivity contribution >= 4 is 5.97 Å². The first-order valence-corrected chi connectivity index (χ1v) is 4.99. The summed E-state index contributed by atoms with van der Waals surface area (Å²) in [6.07, 6.45) is 3.53. The summed E-state index contributed by atoms with van der Waals surface area (Å²) < 4.78 is 5.23. The van der Waals surface area contributed by atoms with Gasteiger partial charge in [-0.1, -0.05) is 6.42 Å². The second-order valence-corrected chi connectivity index (χ2v) is 3.63. The van der Waals surface area contributed by atoms with Crippen LogP contribution in [0.25, 0.3) is 0 Å². The summed E-state index contributed by atoms with van der Waals surface area (Å²) in [5, 5.41) is 11.8. The van der Waals surface area contributed by atoms with Gasteiger partial charge in [0.2, 0.25) is 0 Å². The maximum absolute atomic E-state index is 10.4. The molecule has 4 N–H and O–H groups in total. The van der Waals surface area contributed by atoms with Gasteiger partial charge < -0.3 is 20.9 Å². The number of carboxylic acids is 1. The van der Waals surface area contributed by atoms with Crippen molar-refractivity contribution in [3.8, 4) is 0 Å². The minimum Gasteiger partial charge on any atom is -0.480 e. The highest BCUT2D eigenvalue weighted by Crippen LogP contribution is 2.06. The van der Waals surface area contributed by atoms with Gasteiger partial charge >= 0.3 is 5.97 Å². The van der Waals surface area contributed by atoms with Crippen LogP contribution in [0, 0.1) is 0 Å². The van der Waals surface area contributed by atoms with Crippen LogP contribution < -0.4 is 11.1 Å². The van der Waals surface area contributed by atoms with E-state index in [2.05, 4.69) is 5.32 Å². The van der Waals surface area contributed by atoms with Gasteiger partial charge in [-0.2, -0.15) is 0 Å². The number of hydrogen-bond acceptors (Lipinski definition) is 4. The van der Waals surface area contributed by atoms with Crippen LogP contribution in [0.1, 0.15) is 19.3 Å². The Kier molecular flexibility index (Phi) is 4.86. The first kappa shape index (κ1) is 11.4. The maximum Gasteiger partial charge on any atom is 0.322 e. The topological polar surface area (TPSA) is 84.6 Å². The van der Waals surface area contributed by atoms with Crippen molar-refractivity contribution in [2.45, 2.75) is 31.3 Å². The lowest BCUT2D eigenvalue weighted by Gasteiger charge is -2.23. The van der Waals surface area contributed by atoms with E-state index in [-0.39, 0.29) is 6.61 Å². The summed E-state index contributed by atoms with van der Waals surface area (Å²) in [5.74, 6) is -1.01. The largest absolute Gasteiger partial charge is 0.480 e. The molecule has 0 bridgehead atoms. The normalized spacial score (nSPS) is 24.5. The SMILES string of the molecule is NC(COCC1CCCCN1)C(=O)O. The Hall–Kier alpha value is -0.650. The van der Waals surface area contributed by atoms with Crippen LogP contribution in [-0.4, -0.2) is 42.9 Å². The van der Waals surface area contributed by atoms with Gasteiger partial charge in [0.15, 0.2) is 0 Å². The average Bonchev–Trinajstić information content (AvgIpc) is 2.19. The fourth-order valence-corrected chi connectivity index (χ4v) is 1.47. The molecular weight excluding hydrogens is 184 g/mol. The molecule has 1 fully saturated rings. The lowest BCUT2D eigenvalue weighted by molar-refractivity contribution is -0.140. The summed E-state index contributed by atoms with van der Waals surface area (Å²) in [7, 11) is 0. The van der Waals surface area contributed by atoms with Gasteiger partial charge in [-0.25, -0.2) is 0 Å². The third-order valence-corrected chi connectivity index (χ3v) is 2.35. The van der Waals surface area contributed by atoms with Gasteiger partial charge in [0.25, 0.3) is 0 Å². The molecule has 82 valence electrons. The van der Waals surface area contributed by atoms with Gasteiger partial charge in [0, 0.05) is 6.04 Å². The molecule has 0 aromatic heterocycles. The second kappa shape index (κ2) is 5.95. The zero-order valence-corrected chi connectivity index (χ0v) is 8.24. The predicted octanol–water partition coefficient (Wildman–Crippen LogP) is -0.443.